The van der Waals surface area contributed by atoms with Crippen molar-refractivity contribution in [2.24, 2.45) is 0 Å². The summed E-state index contributed by atoms with van der Waals surface area (Å²) in [6.07, 6.45) is 0.0334. The second kappa shape index (κ2) is 11.2. The number of anilines is 2. The van der Waals surface area contributed by atoms with Crippen LogP contribution in [0.4, 0.5) is 25.8 Å². The maximum absolute atomic E-state index is 13.8. The predicted octanol–water partition coefficient (Wildman–Crippen LogP) is 5.80. The predicted molar refractivity (Wildman–Crippen MR) is 138 cm³/mol. The highest BCUT2D eigenvalue weighted by atomic mass is 19.3. The van der Waals surface area contributed by atoms with Crippen LogP contribution in [-0.4, -0.2) is 35.5 Å². The third-order valence-electron chi connectivity index (χ3n) is 6.31. The number of ether oxygens (including phenoxy) is 1. The zero-order chi connectivity index (χ0) is 27.4. The summed E-state index contributed by atoms with van der Waals surface area (Å²) in [4.78, 5) is 31.3. The molecule has 0 fully saturated rings. The van der Waals surface area contributed by atoms with E-state index >= 15 is 0 Å². The SMILES string of the molecule is [C-]#[N+]c1ccc(N[C@H]2C(=O)N(C)Cc3cc(ccc3OC(F)F)NC(=O)C[C@@H](C)c3cc2ccc3O)cc1. The highest BCUT2D eigenvalue weighted by Crippen LogP contribution is 2.34. The Morgan fingerprint density at radius 1 is 1.13 bits per heavy atom. The third-order valence-corrected chi connectivity index (χ3v) is 6.31. The van der Waals surface area contributed by atoms with Gasteiger partial charge in [-0.2, -0.15) is 8.78 Å². The van der Waals surface area contributed by atoms with Crippen LogP contribution in [0.15, 0.2) is 60.7 Å². The zero-order valence-electron chi connectivity index (χ0n) is 20.7. The number of phenols is 1. The summed E-state index contributed by atoms with van der Waals surface area (Å²) in [5.74, 6) is -1.21. The molecule has 196 valence electrons. The van der Waals surface area contributed by atoms with Gasteiger partial charge in [-0.3, -0.25) is 9.59 Å². The molecule has 2 atom stereocenters. The molecule has 3 N–H and O–H groups in total. The van der Waals surface area contributed by atoms with E-state index in [4.69, 9.17) is 6.57 Å². The Labute approximate surface area is 218 Å². The van der Waals surface area contributed by atoms with Crippen molar-refractivity contribution in [3.8, 4) is 11.5 Å². The Morgan fingerprint density at radius 3 is 2.55 bits per heavy atom. The van der Waals surface area contributed by atoms with Gasteiger partial charge in [0, 0.05) is 37.0 Å². The van der Waals surface area contributed by atoms with Crippen LogP contribution in [-0.2, 0) is 16.1 Å². The molecule has 0 aromatic heterocycles. The summed E-state index contributed by atoms with van der Waals surface area (Å²) in [5, 5.41) is 16.5. The number of hydrogen-bond donors (Lipinski definition) is 3. The summed E-state index contributed by atoms with van der Waals surface area (Å²) in [6, 6.07) is 14.7. The quantitative estimate of drug-likeness (QED) is 0.378. The molecule has 3 aromatic rings. The minimum Gasteiger partial charge on any atom is -0.508 e. The van der Waals surface area contributed by atoms with Crippen LogP contribution >= 0.6 is 0 Å². The van der Waals surface area contributed by atoms with Crippen molar-refractivity contribution in [1.29, 1.82) is 0 Å². The van der Waals surface area contributed by atoms with Crippen LogP contribution in [0.25, 0.3) is 4.85 Å². The van der Waals surface area contributed by atoms with E-state index < -0.39 is 18.6 Å². The number of likely N-dealkylation sites (N-methyl/N-ethyl adjacent to an activating group) is 1. The minimum absolute atomic E-state index is 0.00195. The monoisotopic (exact) mass is 520 g/mol. The van der Waals surface area contributed by atoms with E-state index in [0.717, 1.165) is 0 Å². The van der Waals surface area contributed by atoms with E-state index in [2.05, 4.69) is 20.2 Å². The van der Waals surface area contributed by atoms with Gasteiger partial charge in [0.05, 0.1) is 6.57 Å². The van der Waals surface area contributed by atoms with Crippen molar-refractivity contribution < 1.29 is 28.2 Å². The lowest BCUT2D eigenvalue weighted by Crippen LogP contribution is -2.35. The second-order valence-corrected chi connectivity index (χ2v) is 9.10. The molecule has 0 saturated carbocycles. The lowest BCUT2D eigenvalue weighted by Gasteiger charge is -2.28. The molecule has 10 heteroatoms. The molecule has 1 heterocycles. The molecule has 0 spiro atoms. The maximum atomic E-state index is 13.8. The maximum Gasteiger partial charge on any atom is 0.387 e. The van der Waals surface area contributed by atoms with Crippen LogP contribution in [0.5, 0.6) is 11.5 Å². The third kappa shape index (κ3) is 6.00. The molecule has 2 amide bonds. The van der Waals surface area contributed by atoms with Gasteiger partial charge in [-0.15, -0.1) is 0 Å². The number of carbonyl (C=O) groups is 2. The molecule has 4 rings (SSSR count). The number of alkyl halides is 2. The number of hydrogen-bond acceptors (Lipinski definition) is 5. The molecule has 0 saturated heterocycles. The standard InChI is InChI=1S/C28H26F2N4O4/c1-16-12-25(36)32-21-9-11-24(38-28(29)30)18(13-21)15-34(3)27(37)26(17-4-10-23(35)22(16)14-17)33-20-7-5-19(31-2)6-8-20/h4-11,13-14,16,26,28,33,35H,12,15H2,1,3H3,(H,32,36)/t16-,26-/m1/s1. The summed E-state index contributed by atoms with van der Waals surface area (Å²) in [5.41, 5.74) is 2.71. The fourth-order valence-electron chi connectivity index (χ4n) is 4.38. The Hall–Kier alpha value is -4.65. The Morgan fingerprint density at radius 2 is 1.87 bits per heavy atom. The van der Waals surface area contributed by atoms with Crippen molar-refractivity contribution in [3.63, 3.8) is 0 Å². The van der Waals surface area contributed by atoms with Gasteiger partial charge in [-0.1, -0.05) is 25.1 Å². The van der Waals surface area contributed by atoms with E-state index in [9.17, 15) is 23.5 Å². The van der Waals surface area contributed by atoms with Crippen molar-refractivity contribution in [1.82, 2.24) is 4.90 Å². The highest BCUT2D eigenvalue weighted by molar-refractivity contribution is 5.92. The summed E-state index contributed by atoms with van der Waals surface area (Å²) in [6.45, 7) is 5.79. The zero-order valence-corrected chi connectivity index (χ0v) is 20.7. The van der Waals surface area contributed by atoms with Crippen LogP contribution in [0, 0.1) is 6.57 Å². The molecule has 0 radical (unpaired) electrons. The largest absolute Gasteiger partial charge is 0.508 e. The van der Waals surface area contributed by atoms with Gasteiger partial charge >= 0.3 is 6.61 Å². The van der Waals surface area contributed by atoms with E-state index in [0.29, 0.717) is 28.2 Å². The minimum atomic E-state index is -3.06. The molecule has 8 nitrogen and oxygen atoms in total. The first-order chi connectivity index (χ1) is 18.1. The number of fused-ring (bicyclic) bond motifs is 4. The molecule has 0 unspecified atom stereocenters. The summed E-state index contributed by atoms with van der Waals surface area (Å²) < 4.78 is 30.8. The molecule has 38 heavy (non-hydrogen) atoms. The second-order valence-electron chi connectivity index (χ2n) is 9.10. The lowest BCUT2D eigenvalue weighted by molar-refractivity contribution is -0.131. The van der Waals surface area contributed by atoms with E-state index in [-0.39, 0.29) is 41.8 Å². The van der Waals surface area contributed by atoms with Gasteiger partial charge in [-0.05, 0) is 59.5 Å². The molecule has 0 aliphatic carbocycles. The molecule has 1 aliphatic rings. The number of carbonyl (C=O) groups excluding carboxylic acids is 2. The summed E-state index contributed by atoms with van der Waals surface area (Å²) >= 11 is 0. The molecule has 3 aromatic carbocycles. The van der Waals surface area contributed by atoms with Crippen molar-refractivity contribution in [2.75, 3.05) is 17.7 Å². The molecule has 4 bridgehead atoms. The highest BCUT2D eigenvalue weighted by Gasteiger charge is 2.27. The fourth-order valence-corrected chi connectivity index (χ4v) is 4.38. The number of amides is 2. The molecular weight excluding hydrogens is 494 g/mol. The smallest absolute Gasteiger partial charge is 0.387 e. The van der Waals surface area contributed by atoms with E-state index in [1.165, 1.54) is 36.2 Å². The first kappa shape index (κ1) is 26.4. The van der Waals surface area contributed by atoms with Crippen molar-refractivity contribution in [2.45, 2.75) is 38.5 Å². The normalized spacial score (nSPS) is 17.8. The van der Waals surface area contributed by atoms with E-state index in [1.807, 2.05) is 0 Å². The van der Waals surface area contributed by atoms with Crippen LogP contribution < -0.4 is 15.4 Å². The van der Waals surface area contributed by atoms with E-state index in [1.54, 1.807) is 43.3 Å². The number of benzene rings is 3. The van der Waals surface area contributed by atoms with Gasteiger partial charge in [0.15, 0.2) is 5.69 Å². The van der Waals surface area contributed by atoms with Gasteiger partial charge in [0.25, 0.3) is 0 Å². The van der Waals surface area contributed by atoms with Crippen LogP contribution in [0.1, 0.15) is 42.0 Å². The van der Waals surface area contributed by atoms with Crippen molar-refractivity contribution >= 4 is 28.9 Å². The Balaban J connectivity index is 1.79. The summed E-state index contributed by atoms with van der Waals surface area (Å²) in [7, 11) is 1.53. The average molecular weight is 521 g/mol. The first-order valence-corrected chi connectivity index (χ1v) is 11.8. The van der Waals surface area contributed by atoms with Gasteiger partial charge < -0.3 is 25.4 Å². The number of aromatic hydroxyl groups is 1. The average Bonchev–Trinajstić information content (AvgIpc) is 2.88. The topological polar surface area (TPSA) is 95.3 Å². The fraction of sp³-hybridized carbons (Fsp3) is 0.250. The van der Waals surface area contributed by atoms with Crippen molar-refractivity contribution in [3.05, 3.63) is 88.8 Å². The number of rotatable bonds is 4. The Kier molecular flexibility index (Phi) is 7.76. The number of nitrogens with one attached hydrogen (secondary N) is 2. The van der Waals surface area contributed by atoms with Gasteiger partial charge in [0.2, 0.25) is 11.8 Å². The van der Waals surface area contributed by atoms with Crippen LogP contribution in [0.2, 0.25) is 0 Å². The molecule has 1 aliphatic heterocycles. The van der Waals surface area contributed by atoms with Gasteiger partial charge in [0.1, 0.15) is 17.5 Å². The van der Waals surface area contributed by atoms with Crippen LogP contribution in [0.3, 0.4) is 0 Å². The number of halogens is 2. The van der Waals surface area contributed by atoms with Gasteiger partial charge in [-0.25, -0.2) is 4.85 Å². The first-order valence-electron chi connectivity index (χ1n) is 11.8. The Bertz CT molecular complexity index is 1390. The number of phenolic OH excluding ortho intramolecular Hbond substituents is 1. The number of nitrogens with zero attached hydrogens (tertiary/aromatic N) is 2. The lowest BCUT2D eigenvalue weighted by atomic mass is 9.92. The molecular formula is C28H26F2N4O4.